The first kappa shape index (κ1) is 23.3. The second-order valence-electron chi connectivity index (χ2n) is 8.96. The van der Waals surface area contributed by atoms with E-state index in [9.17, 15) is 9.90 Å². The first-order valence-electron chi connectivity index (χ1n) is 11.2. The SMILES string of the molecule is CC(C)CN(c1ncc([C@H](C)CC(=O)O)cc1Nc1ccc(Cl)cn1)C1CCCCC1. The van der Waals surface area contributed by atoms with Crippen molar-refractivity contribution in [2.75, 3.05) is 16.8 Å². The molecule has 0 aliphatic heterocycles. The zero-order valence-electron chi connectivity index (χ0n) is 18.6. The van der Waals surface area contributed by atoms with Crippen LogP contribution in [0.15, 0.2) is 30.6 Å². The van der Waals surface area contributed by atoms with Gasteiger partial charge in [0.05, 0.1) is 17.1 Å². The highest BCUT2D eigenvalue weighted by Crippen LogP contribution is 2.35. The number of hydrogen-bond acceptors (Lipinski definition) is 5. The fourth-order valence-corrected chi connectivity index (χ4v) is 4.34. The maximum absolute atomic E-state index is 11.2. The summed E-state index contributed by atoms with van der Waals surface area (Å²) in [5.74, 6) is 1.14. The fraction of sp³-hybridized carbons (Fsp3) is 0.542. The van der Waals surface area contributed by atoms with Crippen molar-refractivity contribution in [3.8, 4) is 0 Å². The molecule has 0 aromatic carbocycles. The first-order chi connectivity index (χ1) is 14.8. The molecule has 0 amide bonds. The largest absolute Gasteiger partial charge is 0.481 e. The van der Waals surface area contributed by atoms with E-state index in [4.69, 9.17) is 16.6 Å². The molecule has 3 rings (SSSR count). The van der Waals surface area contributed by atoms with E-state index in [0.717, 1.165) is 23.6 Å². The topological polar surface area (TPSA) is 78.4 Å². The van der Waals surface area contributed by atoms with Crippen LogP contribution >= 0.6 is 11.6 Å². The van der Waals surface area contributed by atoms with E-state index in [2.05, 4.69) is 29.0 Å². The molecular formula is C24H33ClN4O2. The zero-order chi connectivity index (χ0) is 22.4. The highest BCUT2D eigenvalue weighted by molar-refractivity contribution is 6.30. The maximum atomic E-state index is 11.2. The summed E-state index contributed by atoms with van der Waals surface area (Å²) in [7, 11) is 0. The van der Waals surface area contributed by atoms with Crippen molar-refractivity contribution in [3.63, 3.8) is 0 Å². The summed E-state index contributed by atoms with van der Waals surface area (Å²) in [4.78, 5) is 22.9. The minimum absolute atomic E-state index is 0.0675. The van der Waals surface area contributed by atoms with Gasteiger partial charge in [0.25, 0.3) is 0 Å². The molecule has 1 fully saturated rings. The smallest absolute Gasteiger partial charge is 0.303 e. The Labute approximate surface area is 190 Å². The number of carbonyl (C=O) groups is 1. The molecule has 1 saturated carbocycles. The van der Waals surface area contributed by atoms with Crippen molar-refractivity contribution < 1.29 is 9.90 Å². The first-order valence-corrected chi connectivity index (χ1v) is 11.6. The molecule has 0 saturated heterocycles. The molecule has 6 nitrogen and oxygen atoms in total. The van der Waals surface area contributed by atoms with Crippen LogP contribution in [0.4, 0.5) is 17.3 Å². The summed E-state index contributed by atoms with van der Waals surface area (Å²) in [5, 5.41) is 13.2. The number of anilines is 3. The number of hydrogen-bond donors (Lipinski definition) is 2. The third kappa shape index (κ3) is 6.57. The Morgan fingerprint density at radius 2 is 1.94 bits per heavy atom. The van der Waals surface area contributed by atoms with Gasteiger partial charge >= 0.3 is 5.97 Å². The third-order valence-electron chi connectivity index (χ3n) is 5.78. The maximum Gasteiger partial charge on any atom is 0.303 e. The summed E-state index contributed by atoms with van der Waals surface area (Å²) in [6, 6.07) is 6.13. The van der Waals surface area contributed by atoms with E-state index in [0.29, 0.717) is 22.8 Å². The molecule has 1 atom stereocenters. The summed E-state index contributed by atoms with van der Waals surface area (Å²) in [6.45, 7) is 7.30. The number of nitrogens with one attached hydrogen (secondary N) is 1. The highest BCUT2D eigenvalue weighted by Gasteiger charge is 2.26. The second-order valence-corrected chi connectivity index (χ2v) is 9.40. The lowest BCUT2D eigenvalue weighted by Crippen LogP contribution is -2.40. The molecular weight excluding hydrogens is 412 g/mol. The Morgan fingerprint density at radius 3 is 2.55 bits per heavy atom. The molecule has 0 unspecified atom stereocenters. The van der Waals surface area contributed by atoms with Crippen LogP contribution < -0.4 is 10.2 Å². The Bertz CT molecular complexity index is 866. The molecule has 168 valence electrons. The van der Waals surface area contributed by atoms with E-state index in [1.165, 1.54) is 32.1 Å². The van der Waals surface area contributed by atoms with Gasteiger partial charge < -0.3 is 15.3 Å². The Hall–Kier alpha value is -2.34. The van der Waals surface area contributed by atoms with Crippen molar-refractivity contribution in [2.45, 2.75) is 71.3 Å². The van der Waals surface area contributed by atoms with Crippen LogP contribution in [0.25, 0.3) is 0 Å². The van der Waals surface area contributed by atoms with Crippen LogP contribution in [0.1, 0.15) is 70.8 Å². The summed E-state index contributed by atoms with van der Waals surface area (Å²) >= 11 is 6.00. The highest BCUT2D eigenvalue weighted by atomic mass is 35.5. The predicted octanol–water partition coefficient (Wildman–Crippen LogP) is 6.25. The number of nitrogens with zero attached hydrogens (tertiary/aromatic N) is 3. The second kappa shape index (κ2) is 10.8. The van der Waals surface area contributed by atoms with E-state index < -0.39 is 5.97 Å². The van der Waals surface area contributed by atoms with E-state index in [-0.39, 0.29) is 12.3 Å². The van der Waals surface area contributed by atoms with Crippen molar-refractivity contribution >= 4 is 34.9 Å². The third-order valence-corrected chi connectivity index (χ3v) is 6.00. The lowest BCUT2D eigenvalue weighted by atomic mass is 9.93. The number of aliphatic carboxylic acids is 1. The number of halogens is 1. The lowest BCUT2D eigenvalue weighted by molar-refractivity contribution is -0.137. The van der Waals surface area contributed by atoms with Crippen molar-refractivity contribution in [1.29, 1.82) is 0 Å². The van der Waals surface area contributed by atoms with Crippen LogP contribution in [-0.2, 0) is 4.79 Å². The molecule has 0 bridgehead atoms. The van der Waals surface area contributed by atoms with Crippen molar-refractivity contribution in [3.05, 3.63) is 41.2 Å². The van der Waals surface area contributed by atoms with E-state index in [1.54, 1.807) is 12.3 Å². The Balaban J connectivity index is 2.00. The van der Waals surface area contributed by atoms with Gasteiger partial charge in [0.15, 0.2) is 5.82 Å². The number of carboxylic acids is 1. The molecule has 2 N–H and O–H groups in total. The van der Waals surface area contributed by atoms with Gasteiger partial charge in [-0.2, -0.15) is 0 Å². The number of pyridine rings is 2. The van der Waals surface area contributed by atoms with Gasteiger partial charge in [0.2, 0.25) is 0 Å². The van der Waals surface area contributed by atoms with Gasteiger partial charge in [0, 0.05) is 25.0 Å². The number of rotatable bonds is 9. The van der Waals surface area contributed by atoms with Crippen LogP contribution in [0.2, 0.25) is 5.02 Å². The standard InChI is InChI=1S/C24H33ClN4O2/c1-16(2)15-29(20-7-5-4-6-8-20)24-21(28-22-10-9-19(25)14-26-22)12-18(13-27-24)17(3)11-23(30)31/h9-10,12-14,16-17,20H,4-8,11,15H2,1-3H3,(H,26,28)(H,30,31)/t17-/m1/s1. The Kier molecular flexibility index (Phi) is 8.13. The van der Waals surface area contributed by atoms with E-state index >= 15 is 0 Å². The lowest BCUT2D eigenvalue weighted by Gasteiger charge is -2.37. The fourth-order valence-electron chi connectivity index (χ4n) is 4.23. The van der Waals surface area contributed by atoms with Gasteiger partial charge in [-0.25, -0.2) is 9.97 Å². The van der Waals surface area contributed by atoms with Crippen LogP contribution in [-0.4, -0.2) is 33.6 Å². The van der Waals surface area contributed by atoms with Gasteiger partial charge in [0.1, 0.15) is 5.82 Å². The minimum Gasteiger partial charge on any atom is -0.481 e. The van der Waals surface area contributed by atoms with Crippen LogP contribution in [0, 0.1) is 5.92 Å². The number of aromatic nitrogens is 2. The molecule has 2 heterocycles. The van der Waals surface area contributed by atoms with Crippen molar-refractivity contribution in [2.24, 2.45) is 5.92 Å². The summed E-state index contributed by atoms with van der Waals surface area (Å²) in [6.07, 6.45) is 9.64. The molecule has 0 spiro atoms. The molecule has 7 heteroatoms. The average molecular weight is 445 g/mol. The van der Waals surface area contributed by atoms with Gasteiger partial charge in [-0.05, 0) is 48.4 Å². The summed E-state index contributed by atoms with van der Waals surface area (Å²) in [5.41, 5.74) is 1.76. The minimum atomic E-state index is -0.811. The van der Waals surface area contributed by atoms with Gasteiger partial charge in [-0.15, -0.1) is 0 Å². The Morgan fingerprint density at radius 1 is 1.19 bits per heavy atom. The number of carboxylic acid groups (broad SMARTS) is 1. The molecule has 1 aliphatic carbocycles. The molecule has 31 heavy (non-hydrogen) atoms. The van der Waals surface area contributed by atoms with Gasteiger partial charge in [-0.3, -0.25) is 4.79 Å². The van der Waals surface area contributed by atoms with E-state index in [1.807, 2.05) is 25.3 Å². The molecule has 2 aromatic rings. The van der Waals surface area contributed by atoms with Crippen LogP contribution in [0.3, 0.4) is 0 Å². The molecule has 2 aromatic heterocycles. The van der Waals surface area contributed by atoms with Crippen LogP contribution in [0.5, 0.6) is 0 Å². The summed E-state index contributed by atoms with van der Waals surface area (Å²) < 4.78 is 0. The van der Waals surface area contributed by atoms with Gasteiger partial charge in [-0.1, -0.05) is 51.6 Å². The predicted molar refractivity (Wildman–Crippen MR) is 126 cm³/mol. The molecule has 0 radical (unpaired) electrons. The normalized spacial score (nSPS) is 15.6. The monoisotopic (exact) mass is 444 g/mol. The zero-order valence-corrected chi connectivity index (χ0v) is 19.4. The van der Waals surface area contributed by atoms with Crippen molar-refractivity contribution in [1.82, 2.24) is 9.97 Å². The quantitative estimate of drug-likeness (QED) is 0.476. The average Bonchev–Trinajstić information content (AvgIpc) is 2.74. The molecule has 1 aliphatic rings.